The van der Waals surface area contributed by atoms with Crippen LogP contribution >= 0.6 is 0 Å². The van der Waals surface area contributed by atoms with Gasteiger partial charge in [-0.05, 0) is 11.0 Å². The third-order valence-electron chi connectivity index (χ3n) is 1.64. The molecule has 1 aromatic carbocycles. The molecule has 0 amide bonds. The number of rotatable bonds is 0. The van der Waals surface area contributed by atoms with E-state index < -0.39 is 0 Å². The van der Waals surface area contributed by atoms with Gasteiger partial charge in [0.05, 0.1) is 0 Å². The predicted octanol–water partition coefficient (Wildman–Crippen LogP) is 4.01. The Morgan fingerprint density at radius 2 is 1.23 bits per heavy atom. The summed E-state index contributed by atoms with van der Waals surface area (Å²) in [6.07, 6.45) is 0. The average Bonchev–Trinajstić information content (AvgIpc) is 2.08. The maximum Gasteiger partial charge on any atom is 0 e. The molecule has 0 N–H and O–H groups in total. The molecule has 0 spiro atoms. The predicted molar refractivity (Wildman–Crippen MR) is 56.5 cm³/mol. The minimum Gasteiger partial charge on any atom is -0.0683 e. The normalized spacial score (nSPS) is 9.31. The SMILES string of the molecule is CC.CC(C)(C)c1ccccc1.[V]. The Morgan fingerprint density at radius 3 is 1.46 bits per heavy atom. The van der Waals surface area contributed by atoms with Crippen molar-refractivity contribution >= 4 is 0 Å². The topological polar surface area (TPSA) is 0 Å². The molecule has 1 heteroatoms. The van der Waals surface area contributed by atoms with Gasteiger partial charge in [-0.15, -0.1) is 0 Å². The summed E-state index contributed by atoms with van der Waals surface area (Å²) in [5, 5.41) is 0. The molecule has 73 valence electrons. The Labute approximate surface area is 94.6 Å². The molecule has 0 nitrogen and oxygen atoms in total. The van der Waals surface area contributed by atoms with Crippen LogP contribution in [0.4, 0.5) is 0 Å². The zero-order chi connectivity index (χ0) is 9.61. The minimum atomic E-state index is 0. The molecule has 1 rings (SSSR count). The Hall–Kier alpha value is -0.196. The van der Waals surface area contributed by atoms with Crippen molar-refractivity contribution in [3.05, 3.63) is 35.9 Å². The third kappa shape index (κ3) is 5.95. The fraction of sp³-hybridized carbons (Fsp3) is 0.500. The number of hydrogen-bond donors (Lipinski definition) is 0. The van der Waals surface area contributed by atoms with Crippen molar-refractivity contribution in [3.63, 3.8) is 0 Å². The van der Waals surface area contributed by atoms with Crippen LogP contribution in [0, 0.1) is 0 Å². The van der Waals surface area contributed by atoms with E-state index in [-0.39, 0.29) is 18.6 Å². The van der Waals surface area contributed by atoms with Crippen LogP contribution in [0.3, 0.4) is 0 Å². The first-order valence-corrected chi connectivity index (χ1v) is 4.66. The van der Waals surface area contributed by atoms with Crippen LogP contribution in [0.2, 0.25) is 0 Å². The van der Waals surface area contributed by atoms with Gasteiger partial charge in [0, 0.05) is 18.6 Å². The Bertz CT molecular complexity index is 196. The molecule has 0 unspecified atom stereocenters. The van der Waals surface area contributed by atoms with Gasteiger partial charge in [0.1, 0.15) is 0 Å². The fourth-order valence-corrected chi connectivity index (χ4v) is 0.938. The molecular weight excluding hydrogens is 195 g/mol. The van der Waals surface area contributed by atoms with Crippen LogP contribution in [0.15, 0.2) is 30.3 Å². The van der Waals surface area contributed by atoms with E-state index in [1.807, 2.05) is 13.8 Å². The van der Waals surface area contributed by atoms with Gasteiger partial charge in [-0.1, -0.05) is 65.0 Å². The zero-order valence-corrected chi connectivity index (χ0v) is 10.7. The van der Waals surface area contributed by atoms with E-state index in [0.29, 0.717) is 5.41 Å². The van der Waals surface area contributed by atoms with Crippen molar-refractivity contribution in [2.45, 2.75) is 40.0 Å². The number of benzene rings is 1. The first-order valence-electron chi connectivity index (χ1n) is 4.66. The van der Waals surface area contributed by atoms with E-state index in [9.17, 15) is 0 Å². The second kappa shape index (κ2) is 7.23. The molecule has 1 radical (unpaired) electrons. The van der Waals surface area contributed by atoms with Gasteiger partial charge in [-0.2, -0.15) is 0 Å². The molecule has 13 heavy (non-hydrogen) atoms. The van der Waals surface area contributed by atoms with Gasteiger partial charge in [-0.25, -0.2) is 0 Å². The summed E-state index contributed by atoms with van der Waals surface area (Å²) < 4.78 is 0. The van der Waals surface area contributed by atoms with Crippen molar-refractivity contribution in [3.8, 4) is 0 Å². The van der Waals surface area contributed by atoms with Gasteiger partial charge in [0.2, 0.25) is 0 Å². The van der Waals surface area contributed by atoms with Crippen molar-refractivity contribution in [2.24, 2.45) is 0 Å². The standard InChI is InChI=1S/C10H14.C2H6.V/c1-10(2,3)9-7-5-4-6-8-9;1-2;/h4-8H,1-3H3;1-2H3;. The van der Waals surface area contributed by atoms with Gasteiger partial charge >= 0.3 is 0 Å². The van der Waals surface area contributed by atoms with Gasteiger partial charge in [0.15, 0.2) is 0 Å². The van der Waals surface area contributed by atoms with Gasteiger partial charge < -0.3 is 0 Å². The van der Waals surface area contributed by atoms with Crippen molar-refractivity contribution in [2.75, 3.05) is 0 Å². The smallest absolute Gasteiger partial charge is 0 e. The van der Waals surface area contributed by atoms with Crippen LogP contribution in [-0.2, 0) is 24.0 Å². The molecule has 0 atom stereocenters. The summed E-state index contributed by atoms with van der Waals surface area (Å²) in [6.45, 7) is 10.7. The van der Waals surface area contributed by atoms with E-state index in [0.717, 1.165) is 0 Å². The van der Waals surface area contributed by atoms with Gasteiger partial charge in [0.25, 0.3) is 0 Å². The fourth-order valence-electron chi connectivity index (χ4n) is 0.938. The molecule has 0 aliphatic heterocycles. The largest absolute Gasteiger partial charge is 0.0683 e. The monoisotopic (exact) mass is 215 g/mol. The van der Waals surface area contributed by atoms with Crippen molar-refractivity contribution in [1.29, 1.82) is 0 Å². The molecule has 1 aromatic rings. The molecule has 0 fully saturated rings. The second-order valence-electron chi connectivity index (χ2n) is 3.62. The summed E-state index contributed by atoms with van der Waals surface area (Å²) >= 11 is 0. The average molecular weight is 215 g/mol. The first kappa shape index (κ1) is 15.3. The van der Waals surface area contributed by atoms with Crippen molar-refractivity contribution in [1.82, 2.24) is 0 Å². The Balaban J connectivity index is 0. The zero-order valence-electron chi connectivity index (χ0n) is 9.33. The van der Waals surface area contributed by atoms with E-state index in [1.165, 1.54) is 5.56 Å². The molecule has 0 bridgehead atoms. The van der Waals surface area contributed by atoms with Crippen LogP contribution in [0.5, 0.6) is 0 Å². The summed E-state index contributed by atoms with van der Waals surface area (Å²) in [5.74, 6) is 0. The van der Waals surface area contributed by atoms with E-state index in [1.54, 1.807) is 0 Å². The van der Waals surface area contributed by atoms with Crippen molar-refractivity contribution < 1.29 is 18.6 Å². The molecule has 0 heterocycles. The second-order valence-corrected chi connectivity index (χ2v) is 3.62. The maximum atomic E-state index is 2.22. The van der Waals surface area contributed by atoms with E-state index in [4.69, 9.17) is 0 Å². The molecular formula is C12H20V. The first-order chi connectivity index (χ1) is 5.61. The summed E-state index contributed by atoms with van der Waals surface area (Å²) in [5.41, 5.74) is 1.69. The molecule has 0 aliphatic rings. The molecule has 0 aromatic heterocycles. The van der Waals surface area contributed by atoms with E-state index >= 15 is 0 Å². The minimum absolute atomic E-state index is 0. The van der Waals surface area contributed by atoms with Crippen LogP contribution < -0.4 is 0 Å². The Kier molecular flexibility index (Phi) is 8.50. The third-order valence-corrected chi connectivity index (χ3v) is 1.64. The maximum absolute atomic E-state index is 2.22. The van der Waals surface area contributed by atoms with Crippen LogP contribution in [0.25, 0.3) is 0 Å². The van der Waals surface area contributed by atoms with Gasteiger partial charge in [-0.3, -0.25) is 0 Å². The molecule has 0 saturated heterocycles. The summed E-state index contributed by atoms with van der Waals surface area (Å²) in [7, 11) is 0. The van der Waals surface area contributed by atoms with Crippen LogP contribution in [-0.4, -0.2) is 0 Å². The Morgan fingerprint density at radius 1 is 0.846 bits per heavy atom. The summed E-state index contributed by atoms with van der Waals surface area (Å²) in [6, 6.07) is 10.6. The molecule has 0 aliphatic carbocycles. The van der Waals surface area contributed by atoms with E-state index in [2.05, 4.69) is 51.1 Å². The number of hydrogen-bond acceptors (Lipinski definition) is 0. The summed E-state index contributed by atoms with van der Waals surface area (Å²) in [4.78, 5) is 0. The van der Waals surface area contributed by atoms with Crippen LogP contribution in [0.1, 0.15) is 40.2 Å². The quantitative estimate of drug-likeness (QED) is 0.613. The molecule has 0 saturated carbocycles.